The molecule has 0 aliphatic carbocycles. The number of nitrogen functional groups attached to an aromatic ring is 1. The number of aromatic nitrogens is 6. The summed E-state index contributed by atoms with van der Waals surface area (Å²) in [5, 5.41) is 13.0. The maximum atomic E-state index is 13.0. The van der Waals surface area contributed by atoms with Gasteiger partial charge in [0, 0.05) is 60.4 Å². The van der Waals surface area contributed by atoms with Gasteiger partial charge in [-0.25, -0.2) is 34.4 Å². The average Bonchev–Trinajstić information content (AvgIpc) is 4.02. The van der Waals surface area contributed by atoms with E-state index < -0.39 is 24.2 Å². The number of carboxylic acid groups (broad SMARTS) is 1. The Morgan fingerprint density at radius 2 is 1.08 bits per heavy atom. The molecule has 4 aromatic carbocycles. The number of anilines is 4. The number of hydrogen-bond acceptors (Lipinski definition) is 12. The molecule has 0 aliphatic heterocycles. The molecule has 4 amide bonds. The van der Waals surface area contributed by atoms with E-state index in [1.807, 2.05) is 40.8 Å². The van der Waals surface area contributed by atoms with Crippen LogP contribution < -0.4 is 31.9 Å². The fraction of sp³-hybridized carbons (Fsp3) is 0.189. The number of hydrogen-bond donors (Lipinski definition) is 5. The molecular formula is C53H56N14O7. The highest BCUT2D eigenvalue weighted by atomic mass is 16.6. The van der Waals surface area contributed by atoms with Crippen LogP contribution in [0.25, 0.3) is 43.5 Å². The molecule has 0 bridgehead atoms. The summed E-state index contributed by atoms with van der Waals surface area (Å²) in [5.41, 5.74) is 19.4. The van der Waals surface area contributed by atoms with Gasteiger partial charge in [0.05, 0.1) is 55.9 Å². The standard InChI is InChI=1S/C23H19N7O2.C21H16N6O.C7H13NO4.2CH4/c1-25-16-7-9-18(10-8-16)29(2)23(32)19-14-30-20(12-27-21(30)13-26-19)15-3-5-17(6-4-15)28-22(31)11-24;1-23-16-7-9-17(10-8-16)26(2)21(28)18-13-27-19(11-25-20(27)12-24-18)14-3-5-15(22)6-4-14;1-7(2,3)12-6(11)8-4-5(9)10;;/h3-10,12-14H,11,24H2,2H3,(H,28,31);3-13H,22H2,2H3;4H2,1-3H3,(H,8,11)(H,9,10);2*1H4. The van der Waals surface area contributed by atoms with Gasteiger partial charge in [0.25, 0.3) is 11.8 Å². The first-order chi connectivity index (χ1) is 34.4. The SMILES string of the molecule is C.C.CC(C)(C)OC(=O)NCC(=O)O.[C-]#[N+]c1ccc(N(C)C(=O)c2cn3c(-c4ccc(N)cc4)cnc3cn2)cc1.[C-]#[N+]c1ccc(N(C)C(=O)c2cn3c(-c4ccc(NC(=O)CN)cc4)cnc3cn2)cc1. The van der Waals surface area contributed by atoms with Crippen LogP contribution in [0.1, 0.15) is 56.6 Å². The number of rotatable bonds is 10. The first-order valence-corrected chi connectivity index (χ1v) is 21.7. The van der Waals surface area contributed by atoms with Crippen molar-refractivity contribution in [1.82, 2.24) is 34.1 Å². The van der Waals surface area contributed by atoms with Gasteiger partial charge in [0.15, 0.2) is 22.7 Å². The largest absolute Gasteiger partial charge is 0.480 e. The fourth-order valence-electron chi connectivity index (χ4n) is 6.56. The zero-order chi connectivity index (χ0) is 52.1. The maximum Gasteiger partial charge on any atom is 0.408 e. The number of carboxylic acids is 1. The van der Waals surface area contributed by atoms with Gasteiger partial charge >= 0.3 is 12.1 Å². The highest BCUT2D eigenvalue weighted by molar-refractivity contribution is 6.05. The second kappa shape index (κ2) is 25.2. The van der Waals surface area contributed by atoms with Crippen LogP contribution in [-0.2, 0) is 14.3 Å². The van der Waals surface area contributed by atoms with E-state index in [-0.39, 0.29) is 44.8 Å². The van der Waals surface area contributed by atoms with Crippen molar-refractivity contribution in [2.75, 3.05) is 48.0 Å². The van der Waals surface area contributed by atoms with E-state index >= 15 is 0 Å². The lowest BCUT2D eigenvalue weighted by Crippen LogP contribution is -2.35. The molecule has 0 fully saturated rings. The minimum absolute atomic E-state index is 0. The number of nitrogens with one attached hydrogen (secondary N) is 2. The van der Waals surface area contributed by atoms with Crippen LogP contribution in [0.2, 0.25) is 0 Å². The number of amides is 4. The van der Waals surface area contributed by atoms with Gasteiger partial charge in [-0.15, -0.1) is 0 Å². The Balaban J connectivity index is 0.000000259. The van der Waals surface area contributed by atoms with Crippen LogP contribution in [0.15, 0.2) is 134 Å². The third-order valence-corrected chi connectivity index (χ3v) is 10.2. The van der Waals surface area contributed by atoms with E-state index in [2.05, 4.69) is 40.3 Å². The molecule has 74 heavy (non-hydrogen) atoms. The first kappa shape index (κ1) is 56.6. The molecular weight excluding hydrogens is 945 g/mol. The Morgan fingerprint density at radius 1 is 0.662 bits per heavy atom. The number of nitrogens with zero attached hydrogens (tertiary/aromatic N) is 10. The predicted octanol–water partition coefficient (Wildman–Crippen LogP) is 8.79. The number of benzene rings is 4. The van der Waals surface area contributed by atoms with Gasteiger partial charge < -0.3 is 41.7 Å². The van der Waals surface area contributed by atoms with Crippen molar-refractivity contribution in [2.24, 2.45) is 5.73 Å². The monoisotopic (exact) mass is 1000 g/mol. The molecule has 0 saturated carbocycles. The number of carbonyl (C=O) groups excluding carboxylic acids is 4. The molecule has 21 heteroatoms. The summed E-state index contributed by atoms with van der Waals surface area (Å²) < 4.78 is 8.40. The summed E-state index contributed by atoms with van der Waals surface area (Å²) in [4.78, 5) is 85.1. The van der Waals surface area contributed by atoms with E-state index in [1.54, 1.807) is 137 Å². The summed E-state index contributed by atoms with van der Waals surface area (Å²) in [5.74, 6) is -1.91. The molecule has 21 nitrogen and oxygen atoms in total. The van der Waals surface area contributed by atoms with Crippen LogP contribution in [0.3, 0.4) is 0 Å². The number of ether oxygens (including phenoxy) is 1. The lowest BCUT2D eigenvalue weighted by Gasteiger charge is -2.19. The highest BCUT2D eigenvalue weighted by Crippen LogP contribution is 2.26. The molecule has 0 atom stereocenters. The van der Waals surface area contributed by atoms with Gasteiger partial charge in [0.1, 0.15) is 23.5 Å². The molecule has 7 N–H and O–H groups in total. The Hall–Kier alpha value is -9.99. The van der Waals surface area contributed by atoms with Crippen molar-refractivity contribution in [3.63, 3.8) is 0 Å². The Labute approximate surface area is 427 Å². The Bertz CT molecular complexity index is 3330. The second-order valence-corrected chi connectivity index (χ2v) is 16.5. The van der Waals surface area contributed by atoms with E-state index in [9.17, 15) is 24.0 Å². The minimum atomic E-state index is -1.10. The van der Waals surface area contributed by atoms with E-state index in [1.165, 1.54) is 9.80 Å². The summed E-state index contributed by atoms with van der Waals surface area (Å²) in [6.45, 7) is 18.7. The van der Waals surface area contributed by atoms with Crippen molar-refractivity contribution in [3.8, 4) is 22.5 Å². The van der Waals surface area contributed by atoms with E-state index in [4.69, 9.17) is 34.5 Å². The molecule has 8 aromatic rings. The lowest BCUT2D eigenvalue weighted by atomic mass is 10.1. The second-order valence-electron chi connectivity index (χ2n) is 16.5. The normalized spacial score (nSPS) is 10.3. The third-order valence-electron chi connectivity index (χ3n) is 10.2. The molecule has 380 valence electrons. The van der Waals surface area contributed by atoms with Crippen LogP contribution in [-0.4, -0.2) is 96.4 Å². The van der Waals surface area contributed by atoms with Crippen molar-refractivity contribution in [1.29, 1.82) is 0 Å². The molecule has 4 aromatic heterocycles. The predicted molar refractivity (Wildman–Crippen MR) is 285 cm³/mol. The number of carbonyl (C=O) groups is 5. The first-order valence-electron chi connectivity index (χ1n) is 21.7. The van der Waals surface area contributed by atoms with Gasteiger partial charge in [-0.3, -0.25) is 28.0 Å². The van der Waals surface area contributed by atoms with Gasteiger partial charge in [-0.2, -0.15) is 0 Å². The number of fused-ring (bicyclic) bond motifs is 2. The molecule has 0 radical (unpaired) electrons. The van der Waals surface area contributed by atoms with Crippen LogP contribution in [0, 0.1) is 13.1 Å². The van der Waals surface area contributed by atoms with Crippen molar-refractivity contribution in [2.45, 2.75) is 41.2 Å². The molecule has 0 unspecified atom stereocenters. The summed E-state index contributed by atoms with van der Waals surface area (Å²) in [7, 11) is 3.33. The van der Waals surface area contributed by atoms with Crippen LogP contribution in [0.4, 0.5) is 38.9 Å². The van der Waals surface area contributed by atoms with E-state index in [0.29, 0.717) is 51.1 Å². The smallest absolute Gasteiger partial charge is 0.408 e. The third kappa shape index (κ3) is 14.5. The van der Waals surface area contributed by atoms with Gasteiger partial charge in [-0.1, -0.05) is 63.4 Å². The molecule has 0 aliphatic rings. The number of imidazole rings is 2. The Morgan fingerprint density at radius 3 is 1.46 bits per heavy atom. The summed E-state index contributed by atoms with van der Waals surface area (Å²) in [6.07, 6.45) is 9.17. The van der Waals surface area contributed by atoms with Gasteiger partial charge in [0.2, 0.25) is 5.91 Å². The van der Waals surface area contributed by atoms with Crippen molar-refractivity contribution in [3.05, 3.63) is 168 Å². The summed E-state index contributed by atoms with van der Waals surface area (Å²) in [6, 6.07) is 28.3. The topological polar surface area (TPSA) is 266 Å². The van der Waals surface area contributed by atoms with Gasteiger partial charge in [-0.05, 0) is 69.3 Å². The summed E-state index contributed by atoms with van der Waals surface area (Å²) >= 11 is 0. The number of aliphatic carboxylic acids is 1. The maximum absolute atomic E-state index is 13.0. The van der Waals surface area contributed by atoms with Crippen LogP contribution in [0.5, 0.6) is 0 Å². The fourth-order valence-corrected chi connectivity index (χ4v) is 6.56. The molecule has 8 rings (SSSR count). The highest BCUT2D eigenvalue weighted by Gasteiger charge is 2.20. The molecule has 0 spiro atoms. The number of alkyl carbamates (subject to hydrolysis) is 1. The zero-order valence-corrected chi connectivity index (χ0v) is 39.6. The zero-order valence-electron chi connectivity index (χ0n) is 39.6. The molecule has 4 heterocycles. The number of nitrogens with two attached hydrogens (primary N) is 2. The average molecular weight is 1000 g/mol. The van der Waals surface area contributed by atoms with Crippen molar-refractivity contribution < 1.29 is 33.8 Å². The van der Waals surface area contributed by atoms with E-state index in [0.717, 1.165) is 22.5 Å². The minimum Gasteiger partial charge on any atom is -0.480 e. The Kier molecular flexibility index (Phi) is 19.3. The quantitative estimate of drug-likeness (QED) is 0.0634. The lowest BCUT2D eigenvalue weighted by molar-refractivity contribution is -0.136. The molecule has 0 saturated heterocycles. The van der Waals surface area contributed by atoms with Crippen LogP contribution >= 0.6 is 0 Å². The van der Waals surface area contributed by atoms with Crippen molar-refractivity contribution >= 4 is 75.2 Å².